The van der Waals surface area contributed by atoms with Crippen LogP contribution in [-0.2, 0) is 14.8 Å². The van der Waals surface area contributed by atoms with Crippen molar-refractivity contribution >= 4 is 15.9 Å². The first-order chi connectivity index (χ1) is 9.91. The predicted molar refractivity (Wildman–Crippen MR) is 80.2 cm³/mol. The Balaban J connectivity index is 2.97. The Bertz CT molecular complexity index is 557. The van der Waals surface area contributed by atoms with Crippen molar-refractivity contribution in [3.05, 3.63) is 24.3 Å². The fraction of sp³-hybridized carbons (Fsp3) is 0.462. The van der Waals surface area contributed by atoms with Gasteiger partial charge in [0, 0.05) is 26.6 Å². The lowest BCUT2D eigenvalue weighted by Gasteiger charge is -2.21. The van der Waals surface area contributed by atoms with Crippen molar-refractivity contribution in [2.45, 2.75) is 11.3 Å². The van der Waals surface area contributed by atoms with Crippen LogP contribution in [0.3, 0.4) is 0 Å². The second kappa shape index (κ2) is 7.96. The SMILES string of the molecule is COCCN(CCC(=N)N)S(=O)(=O)c1ccc(OC)cc1. The largest absolute Gasteiger partial charge is 0.497 e. The standard InChI is InChI=1S/C13H21N3O4S/c1-19-10-9-16(8-7-13(14)15)21(17,18)12-5-3-11(20-2)4-6-12/h3-6H,7-10H2,1-2H3,(H3,14,15). The average Bonchev–Trinajstić information content (AvgIpc) is 2.46. The molecule has 1 aromatic carbocycles. The van der Waals surface area contributed by atoms with Crippen LogP contribution in [0.15, 0.2) is 29.2 Å². The normalized spacial score (nSPS) is 11.6. The van der Waals surface area contributed by atoms with E-state index in [1.165, 1.54) is 30.7 Å². The summed E-state index contributed by atoms with van der Waals surface area (Å²) in [5.41, 5.74) is 5.30. The van der Waals surface area contributed by atoms with Gasteiger partial charge in [-0.3, -0.25) is 5.41 Å². The maximum atomic E-state index is 12.6. The molecule has 0 aromatic heterocycles. The molecular formula is C13H21N3O4S. The lowest BCUT2D eigenvalue weighted by Crippen LogP contribution is -2.36. The van der Waals surface area contributed by atoms with E-state index < -0.39 is 10.0 Å². The third kappa shape index (κ3) is 5.00. The molecule has 0 aliphatic carbocycles. The van der Waals surface area contributed by atoms with Crippen LogP contribution >= 0.6 is 0 Å². The van der Waals surface area contributed by atoms with E-state index in [9.17, 15) is 8.42 Å². The molecule has 0 atom stereocenters. The van der Waals surface area contributed by atoms with Gasteiger partial charge in [0.1, 0.15) is 5.75 Å². The van der Waals surface area contributed by atoms with Crippen LogP contribution in [0, 0.1) is 5.41 Å². The molecule has 0 unspecified atom stereocenters. The number of sulfonamides is 1. The van der Waals surface area contributed by atoms with Crippen LogP contribution in [0.2, 0.25) is 0 Å². The molecule has 1 aromatic rings. The second-order valence-electron chi connectivity index (χ2n) is 4.35. The Morgan fingerprint density at radius 1 is 1.24 bits per heavy atom. The van der Waals surface area contributed by atoms with Crippen LogP contribution in [0.4, 0.5) is 0 Å². The highest BCUT2D eigenvalue weighted by atomic mass is 32.2. The first kappa shape index (κ1) is 17.4. The van der Waals surface area contributed by atoms with Crippen molar-refractivity contribution in [3.8, 4) is 5.75 Å². The Morgan fingerprint density at radius 2 is 1.86 bits per heavy atom. The lowest BCUT2D eigenvalue weighted by atomic mass is 10.3. The highest BCUT2D eigenvalue weighted by Gasteiger charge is 2.24. The summed E-state index contributed by atoms with van der Waals surface area (Å²) in [6.07, 6.45) is 0.180. The van der Waals surface area contributed by atoms with Gasteiger partial charge < -0.3 is 15.2 Å². The Morgan fingerprint density at radius 3 is 2.33 bits per heavy atom. The smallest absolute Gasteiger partial charge is 0.243 e. The number of ether oxygens (including phenoxy) is 2. The van der Waals surface area contributed by atoms with E-state index in [2.05, 4.69) is 0 Å². The summed E-state index contributed by atoms with van der Waals surface area (Å²) in [6, 6.07) is 6.15. The molecule has 0 bridgehead atoms. The molecule has 118 valence electrons. The number of nitrogens with one attached hydrogen (secondary N) is 1. The van der Waals surface area contributed by atoms with Crippen LogP contribution in [-0.4, -0.2) is 52.5 Å². The maximum absolute atomic E-state index is 12.6. The molecular weight excluding hydrogens is 294 g/mol. The molecule has 0 saturated heterocycles. The van der Waals surface area contributed by atoms with Gasteiger partial charge in [-0.05, 0) is 24.3 Å². The number of rotatable bonds is 9. The van der Waals surface area contributed by atoms with E-state index >= 15 is 0 Å². The van der Waals surface area contributed by atoms with Crippen molar-refractivity contribution in [1.29, 1.82) is 5.41 Å². The van der Waals surface area contributed by atoms with Gasteiger partial charge in [-0.1, -0.05) is 0 Å². The summed E-state index contributed by atoms with van der Waals surface area (Å²) < 4.78 is 36.3. The maximum Gasteiger partial charge on any atom is 0.243 e. The Kier molecular flexibility index (Phi) is 6.60. The number of nitrogens with zero attached hydrogens (tertiary/aromatic N) is 1. The predicted octanol–water partition coefficient (Wildman–Crippen LogP) is 0.658. The van der Waals surface area contributed by atoms with E-state index in [0.717, 1.165) is 0 Å². The van der Waals surface area contributed by atoms with Gasteiger partial charge in [-0.15, -0.1) is 0 Å². The number of benzene rings is 1. The first-order valence-corrected chi connectivity index (χ1v) is 7.82. The topological polar surface area (TPSA) is 106 Å². The van der Waals surface area contributed by atoms with Crippen LogP contribution in [0.1, 0.15) is 6.42 Å². The van der Waals surface area contributed by atoms with E-state index in [0.29, 0.717) is 5.75 Å². The zero-order valence-electron chi connectivity index (χ0n) is 12.2. The fourth-order valence-corrected chi connectivity index (χ4v) is 3.11. The van der Waals surface area contributed by atoms with E-state index in [1.807, 2.05) is 0 Å². The van der Waals surface area contributed by atoms with Gasteiger partial charge in [0.2, 0.25) is 10.0 Å². The number of methoxy groups -OCH3 is 2. The number of amidine groups is 1. The summed E-state index contributed by atoms with van der Waals surface area (Å²) in [6.45, 7) is 0.623. The first-order valence-electron chi connectivity index (χ1n) is 6.38. The number of hydrogen-bond acceptors (Lipinski definition) is 5. The molecule has 8 heteroatoms. The van der Waals surface area contributed by atoms with Gasteiger partial charge in [-0.25, -0.2) is 8.42 Å². The fourth-order valence-electron chi connectivity index (χ4n) is 1.69. The van der Waals surface area contributed by atoms with Crippen LogP contribution in [0.25, 0.3) is 0 Å². The molecule has 0 spiro atoms. The highest BCUT2D eigenvalue weighted by Crippen LogP contribution is 2.19. The summed E-state index contributed by atoms with van der Waals surface area (Å²) in [5.74, 6) is 0.531. The van der Waals surface area contributed by atoms with Crippen molar-refractivity contribution in [1.82, 2.24) is 4.31 Å². The van der Waals surface area contributed by atoms with Crippen LogP contribution in [0.5, 0.6) is 5.75 Å². The molecule has 0 heterocycles. The van der Waals surface area contributed by atoms with Crippen LogP contribution < -0.4 is 10.5 Å². The van der Waals surface area contributed by atoms with Crippen molar-refractivity contribution in [2.24, 2.45) is 5.73 Å². The molecule has 0 aliphatic rings. The summed E-state index contributed by atoms with van der Waals surface area (Å²) in [5, 5.41) is 7.24. The van der Waals surface area contributed by atoms with Crippen molar-refractivity contribution in [3.63, 3.8) is 0 Å². The minimum atomic E-state index is -3.65. The Labute approximate surface area is 125 Å². The van der Waals surface area contributed by atoms with E-state index in [4.69, 9.17) is 20.6 Å². The van der Waals surface area contributed by atoms with E-state index in [1.54, 1.807) is 12.1 Å². The number of hydrogen-bond donors (Lipinski definition) is 2. The minimum Gasteiger partial charge on any atom is -0.497 e. The summed E-state index contributed by atoms with van der Waals surface area (Å²) in [7, 11) is -0.630. The van der Waals surface area contributed by atoms with Gasteiger partial charge in [-0.2, -0.15) is 4.31 Å². The zero-order valence-corrected chi connectivity index (χ0v) is 13.0. The zero-order chi connectivity index (χ0) is 15.9. The summed E-state index contributed by atoms with van der Waals surface area (Å²) >= 11 is 0. The van der Waals surface area contributed by atoms with Gasteiger partial charge in [0.05, 0.1) is 24.4 Å². The van der Waals surface area contributed by atoms with Crippen molar-refractivity contribution in [2.75, 3.05) is 33.9 Å². The second-order valence-corrected chi connectivity index (χ2v) is 6.29. The van der Waals surface area contributed by atoms with Gasteiger partial charge in [0.15, 0.2) is 0 Å². The average molecular weight is 315 g/mol. The number of nitrogens with two attached hydrogens (primary N) is 1. The minimum absolute atomic E-state index is 0.0534. The van der Waals surface area contributed by atoms with Crippen molar-refractivity contribution < 1.29 is 17.9 Å². The van der Waals surface area contributed by atoms with Gasteiger partial charge in [0.25, 0.3) is 0 Å². The molecule has 0 aliphatic heterocycles. The third-order valence-electron chi connectivity index (χ3n) is 2.87. The highest BCUT2D eigenvalue weighted by molar-refractivity contribution is 7.89. The van der Waals surface area contributed by atoms with Gasteiger partial charge >= 0.3 is 0 Å². The molecule has 21 heavy (non-hydrogen) atoms. The molecule has 7 nitrogen and oxygen atoms in total. The molecule has 0 fully saturated rings. The summed E-state index contributed by atoms with van der Waals surface area (Å²) in [4.78, 5) is 0.169. The molecule has 0 saturated carbocycles. The molecule has 1 rings (SSSR count). The molecule has 0 amide bonds. The Hall–Kier alpha value is -1.64. The molecule has 0 radical (unpaired) electrons. The monoisotopic (exact) mass is 315 g/mol. The quantitative estimate of drug-likeness (QED) is 0.514. The lowest BCUT2D eigenvalue weighted by molar-refractivity contribution is 0.179. The molecule has 3 N–H and O–H groups in total. The van der Waals surface area contributed by atoms with E-state index in [-0.39, 0.29) is 36.8 Å². The third-order valence-corrected chi connectivity index (χ3v) is 4.79.